The third kappa shape index (κ3) is 2.54. The van der Waals surface area contributed by atoms with Gasteiger partial charge in [0.15, 0.2) is 5.84 Å². The molecule has 2 heterocycles. The predicted molar refractivity (Wildman–Crippen MR) is 76.0 cm³/mol. The van der Waals surface area contributed by atoms with Crippen LogP contribution in [0.5, 0.6) is 0 Å². The monoisotopic (exact) mass is 272 g/mol. The van der Waals surface area contributed by atoms with E-state index in [0.29, 0.717) is 6.54 Å². The highest BCUT2D eigenvalue weighted by Gasteiger charge is 2.11. The van der Waals surface area contributed by atoms with E-state index in [1.54, 1.807) is 22.9 Å². The normalized spacial score (nSPS) is 11.6. The largest absolute Gasteiger partial charge is 0.409 e. The standard InChI is InChI=1S/C14H16N4O2/c1-9-4-3-7-16-12(9)8-18-10(2)5-6-11(14(18)19)13(15)17-20/h3-7,20H,8H2,1-2H3,(H2,15,17). The molecule has 0 amide bonds. The molecule has 0 aliphatic heterocycles. The van der Waals surface area contributed by atoms with E-state index in [1.165, 1.54) is 0 Å². The van der Waals surface area contributed by atoms with Crippen LogP contribution in [0.2, 0.25) is 0 Å². The molecule has 0 aliphatic carbocycles. The Morgan fingerprint density at radius 3 is 2.80 bits per heavy atom. The van der Waals surface area contributed by atoms with Gasteiger partial charge in [-0.1, -0.05) is 11.2 Å². The zero-order valence-electron chi connectivity index (χ0n) is 11.4. The molecule has 2 rings (SSSR count). The van der Waals surface area contributed by atoms with E-state index in [9.17, 15) is 4.79 Å². The first-order valence-corrected chi connectivity index (χ1v) is 6.13. The SMILES string of the molecule is Cc1cccnc1Cn1c(C)ccc(/C(N)=N/O)c1=O. The molecule has 0 spiro atoms. The Morgan fingerprint density at radius 2 is 2.15 bits per heavy atom. The Labute approximate surface area is 116 Å². The molecular weight excluding hydrogens is 256 g/mol. The minimum absolute atomic E-state index is 0.173. The number of nitrogens with zero attached hydrogens (tertiary/aromatic N) is 3. The van der Waals surface area contributed by atoms with Crippen molar-refractivity contribution in [1.29, 1.82) is 0 Å². The number of amidine groups is 1. The third-order valence-electron chi connectivity index (χ3n) is 3.20. The van der Waals surface area contributed by atoms with Crippen LogP contribution in [0.4, 0.5) is 0 Å². The van der Waals surface area contributed by atoms with E-state index >= 15 is 0 Å². The van der Waals surface area contributed by atoms with Crippen LogP contribution in [-0.2, 0) is 6.54 Å². The quantitative estimate of drug-likeness (QED) is 0.377. The first kappa shape index (κ1) is 13.8. The Bertz CT molecular complexity index is 719. The van der Waals surface area contributed by atoms with Crippen molar-refractivity contribution in [3.05, 3.63) is 63.3 Å². The first-order valence-electron chi connectivity index (χ1n) is 6.13. The average Bonchev–Trinajstić information content (AvgIpc) is 2.44. The molecule has 0 radical (unpaired) electrons. The van der Waals surface area contributed by atoms with Crippen LogP contribution in [0.3, 0.4) is 0 Å². The van der Waals surface area contributed by atoms with Crippen molar-refractivity contribution < 1.29 is 5.21 Å². The number of pyridine rings is 2. The number of nitrogens with two attached hydrogens (primary N) is 1. The molecule has 0 saturated heterocycles. The minimum atomic E-state index is -0.301. The number of aryl methyl sites for hydroxylation is 2. The van der Waals surface area contributed by atoms with Gasteiger partial charge in [-0.2, -0.15) is 0 Å². The Balaban J connectivity index is 2.52. The maximum Gasteiger partial charge on any atom is 0.262 e. The van der Waals surface area contributed by atoms with Gasteiger partial charge in [0, 0.05) is 11.9 Å². The number of aromatic nitrogens is 2. The van der Waals surface area contributed by atoms with E-state index in [2.05, 4.69) is 10.1 Å². The van der Waals surface area contributed by atoms with Gasteiger partial charge in [0.1, 0.15) is 0 Å². The molecule has 0 aliphatic rings. The first-order chi connectivity index (χ1) is 9.54. The second-order valence-corrected chi connectivity index (χ2v) is 4.53. The molecule has 6 nitrogen and oxygen atoms in total. The fraction of sp³-hybridized carbons (Fsp3) is 0.214. The van der Waals surface area contributed by atoms with E-state index in [1.807, 2.05) is 26.0 Å². The number of rotatable bonds is 3. The Morgan fingerprint density at radius 1 is 1.40 bits per heavy atom. The maximum absolute atomic E-state index is 12.4. The van der Waals surface area contributed by atoms with Crippen molar-refractivity contribution in [3.8, 4) is 0 Å². The van der Waals surface area contributed by atoms with E-state index in [4.69, 9.17) is 10.9 Å². The molecule has 0 aromatic carbocycles. The average molecular weight is 272 g/mol. The molecule has 2 aromatic rings. The second-order valence-electron chi connectivity index (χ2n) is 4.53. The fourth-order valence-corrected chi connectivity index (χ4v) is 1.95. The van der Waals surface area contributed by atoms with Crippen molar-refractivity contribution >= 4 is 5.84 Å². The lowest BCUT2D eigenvalue weighted by Crippen LogP contribution is -2.31. The summed E-state index contributed by atoms with van der Waals surface area (Å²) in [7, 11) is 0. The third-order valence-corrected chi connectivity index (χ3v) is 3.20. The molecule has 6 heteroatoms. The van der Waals surface area contributed by atoms with Gasteiger partial charge in [0.05, 0.1) is 17.8 Å². The zero-order valence-corrected chi connectivity index (χ0v) is 11.4. The van der Waals surface area contributed by atoms with Crippen LogP contribution in [-0.4, -0.2) is 20.6 Å². The summed E-state index contributed by atoms with van der Waals surface area (Å²) in [5, 5.41) is 11.6. The topological polar surface area (TPSA) is 93.5 Å². The molecule has 2 aromatic heterocycles. The summed E-state index contributed by atoms with van der Waals surface area (Å²) in [6.45, 7) is 4.12. The zero-order chi connectivity index (χ0) is 14.7. The summed E-state index contributed by atoms with van der Waals surface area (Å²) in [6.07, 6.45) is 1.69. The van der Waals surface area contributed by atoms with Crippen LogP contribution in [0.1, 0.15) is 22.5 Å². The van der Waals surface area contributed by atoms with Crippen LogP contribution >= 0.6 is 0 Å². The molecule has 0 atom stereocenters. The summed E-state index contributed by atoms with van der Waals surface area (Å²) in [6, 6.07) is 7.10. The summed E-state index contributed by atoms with van der Waals surface area (Å²) in [5.74, 6) is -0.193. The highest BCUT2D eigenvalue weighted by molar-refractivity contribution is 5.96. The number of hydrogen-bond donors (Lipinski definition) is 2. The molecule has 0 unspecified atom stereocenters. The van der Waals surface area contributed by atoms with Gasteiger partial charge in [-0.25, -0.2) is 0 Å². The molecule has 0 fully saturated rings. The van der Waals surface area contributed by atoms with Crippen molar-refractivity contribution in [2.45, 2.75) is 20.4 Å². The maximum atomic E-state index is 12.4. The highest BCUT2D eigenvalue weighted by Crippen LogP contribution is 2.07. The lowest BCUT2D eigenvalue weighted by Gasteiger charge is -2.12. The van der Waals surface area contributed by atoms with Crippen LogP contribution in [0.15, 0.2) is 40.4 Å². The van der Waals surface area contributed by atoms with Crippen molar-refractivity contribution in [1.82, 2.24) is 9.55 Å². The van der Waals surface area contributed by atoms with Gasteiger partial charge < -0.3 is 15.5 Å². The van der Waals surface area contributed by atoms with Gasteiger partial charge >= 0.3 is 0 Å². The molecule has 0 bridgehead atoms. The molecular formula is C14H16N4O2. The van der Waals surface area contributed by atoms with E-state index < -0.39 is 0 Å². The lowest BCUT2D eigenvalue weighted by molar-refractivity contribution is 0.318. The van der Waals surface area contributed by atoms with Gasteiger partial charge in [-0.15, -0.1) is 0 Å². The van der Waals surface area contributed by atoms with E-state index in [-0.39, 0.29) is 17.0 Å². The lowest BCUT2D eigenvalue weighted by atomic mass is 10.2. The smallest absolute Gasteiger partial charge is 0.262 e. The summed E-state index contributed by atoms with van der Waals surface area (Å²) < 4.78 is 1.56. The van der Waals surface area contributed by atoms with Gasteiger partial charge in [-0.3, -0.25) is 9.78 Å². The highest BCUT2D eigenvalue weighted by atomic mass is 16.4. The van der Waals surface area contributed by atoms with Crippen molar-refractivity contribution in [3.63, 3.8) is 0 Å². The molecule has 20 heavy (non-hydrogen) atoms. The number of hydrogen-bond acceptors (Lipinski definition) is 4. The molecule has 0 saturated carbocycles. The summed E-state index contributed by atoms with van der Waals surface area (Å²) in [4.78, 5) is 16.6. The summed E-state index contributed by atoms with van der Waals surface area (Å²) >= 11 is 0. The minimum Gasteiger partial charge on any atom is -0.409 e. The Hall–Kier alpha value is -2.63. The molecule has 104 valence electrons. The Kier molecular flexibility index (Phi) is 3.84. The number of oxime groups is 1. The predicted octanol–water partition coefficient (Wildman–Crippen LogP) is 1.00. The second kappa shape index (κ2) is 5.56. The fourth-order valence-electron chi connectivity index (χ4n) is 1.95. The van der Waals surface area contributed by atoms with Crippen molar-refractivity contribution in [2.75, 3.05) is 0 Å². The van der Waals surface area contributed by atoms with Gasteiger partial charge in [0.2, 0.25) is 0 Å². The van der Waals surface area contributed by atoms with Crippen molar-refractivity contribution in [2.24, 2.45) is 10.9 Å². The van der Waals surface area contributed by atoms with Crippen LogP contribution < -0.4 is 11.3 Å². The van der Waals surface area contributed by atoms with E-state index in [0.717, 1.165) is 17.0 Å². The summed E-state index contributed by atoms with van der Waals surface area (Å²) in [5.41, 5.74) is 7.99. The van der Waals surface area contributed by atoms with Gasteiger partial charge in [0.25, 0.3) is 5.56 Å². The van der Waals surface area contributed by atoms with Crippen LogP contribution in [0, 0.1) is 13.8 Å². The van der Waals surface area contributed by atoms with Gasteiger partial charge in [-0.05, 0) is 37.6 Å². The van der Waals surface area contributed by atoms with Crippen LogP contribution in [0.25, 0.3) is 0 Å². The molecule has 3 N–H and O–H groups in total.